The average molecular weight is 416 g/mol. The highest BCUT2D eigenvalue weighted by Crippen LogP contribution is 2.30. The Balaban J connectivity index is 1.57. The molecule has 0 aliphatic carbocycles. The first-order valence-corrected chi connectivity index (χ1v) is 11.3. The van der Waals surface area contributed by atoms with Gasteiger partial charge in [0.1, 0.15) is 18.2 Å². The van der Waals surface area contributed by atoms with Crippen molar-refractivity contribution in [3.8, 4) is 6.07 Å². The fraction of sp³-hybridized carbons (Fsp3) is 0.292. The molecule has 1 aliphatic rings. The van der Waals surface area contributed by atoms with Gasteiger partial charge >= 0.3 is 0 Å². The third-order valence-electron chi connectivity index (χ3n) is 5.55. The predicted octanol–water partition coefficient (Wildman–Crippen LogP) is 4.86. The van der Waals surface area contributed by atoms with E-state index < -0.39 is 0 Å². The summed E-state index contributed by atoms with van der Waals surface area (Å²) >= 11 is 1.77. The van der Waals surface area contributed by atoms with Gasteiger partial charge in [-0.15, -0.1) is 11.8 Å². The summed E-state index contributed by atoms with van der Waals surface area (Å²) in [5.74, 6) is 0.876. The predicted molar refractivity (Wildman–Crippen MR) is 123 cm³/mol. The molecule has 152 valence electrons. The Morgan fingerprint density at radius 2 is 2.03 bits per heavy atom. The molecule has 1 N–H and O–H groups in total. The van der Waals surface area contributed by atoms with Gasteiger partial charge in [-0.2, -0.15) is 5.26 Å². The molecule has 0 fully saturated rings. The number of nitrogens with one attached hydrogen (secondary N) is 1. The normalized spacial score (nSPS) is 12.9. The van der Waals surface area contributed by atoms with Crippen molar-refractivity contribution in [2.24, 2.45) is 0 Å². The number of benzene rings is 2. The summed E-state index contributed by atoms with van der Waals surface area (Å²) in [6.07, 6.45) is 4.59. The second-order valence-electron chi connectivity index (χ2n) is 7.61. The van der Waals surface area contributed by atoms with Crippen LogP contribution in [0.25, 0.3) is 0 Å². The summed E-state index contributed by atoms with van der Waals surface area (Å²) in [6.45, 7) is 6.40. The zero-order valence-electron chi connectivity index (χ0n) is 17.6. The van der Waals surface area contributed by atoms with Gasteiger partial charge in [-0.1, -0.05) is 18.2 Å². The Hall–Kier alpha value is -3.04. The number of nitrogens with zero attached hydrogens (tertiary/aromatic N) is 4. The van der Waals surface area contributed by atoms with Gasteiger partial charge < -0.3 is 10.2 Å². The summed E-state index contributed by atoms with van der Waals surface area (Å²) in [4.78, 5) is 12.6. The van der Waals surface area contributed by atoms with Crippen molar-refractivity contribution in [2.75, 3.05) is 23.0 Å². The van der Waals surface area contributed by atoms with Gasteiger partial charge in [-0.05, 0) is 55.0 Å². The van der Waals surface area contributed by atoms with E-state index in [1.807, 2.05) is 19.1 Å². The number of thioether (sulfide) groups is 1. The summed E-state index contributed by atoms with van der Waals surface area (Å²) in [5.41, 5.74) is 7.53. The van der Waals surface area contributed by atoms with Crippen LogP contribution in [0, 0.1) is 25.2 Å². The molecule has 5 nitrogen and oxygen atoms in total. The van der Waals surface area contributed by atoms with Crippen molar-refractivity contribution >= 4 is 23.3 Å². The second-order valence-corrected chi connectivity index (χ2v) is 8.46. The minimum absolute atomic E-state index is 0.695. The zero-order chi connectivity index (χ0) is 21.1. The van der Waals surface area contributed by atoms with Crippen LogP contribution in [-0.4, -0.2) is 22.8 Å². The Kier molecular flexibility index (Phi) is 5.91. The summed E-state index contributed by atoms with van der Waals surface area (Å²) in [6, 6.07) is 15.0. The van der Waals surface area contributed by atoms with E-state index in [0.29, 0.717) is 18.7 Å². The molecule has 0 saturated heterocycles. The lowest BCUT2D eigenvalue weighted by Gasteiger charge is -2.31. The van der Waals surface area contributed by atoms with Crippen molar-refractivity contribution in [1.29, 1.82) is 5.26 Å². The van der Waals surface area contributed by atoms with Gasteiger partial charge in [-0.25, -0.2) is 9.97 Å². The molecule has 6 heteroatoms. The summed E-state index contributed by atoms with van der Waals surface area (Å²) in [7, 11) is 0. The van der Waals surface area contributed by atoms with Crippen LogP contribution in [0.1, 0.15) is 33.5 Å². The monoisotopic (exact) mass is 415 g/mol. The van der Waals surface area contributed by atoms with Crippen LogP contribution in [0.4, 0.5) is 11.5 Å². The molecule has 0 spiro atoms. The molecule has 0 radical (unpaired) electrons. The molecule has 1 aromatic heterocycles. The number of hydrogen-bond donors (Lipinski definition) is 1. The minimum Gasteiger partial charge on any atom is -0.366 e. The molecule has 0 amide bonds. The van der Waals surface area contributed by atoms with E-state index in [1.165, 1.54) is 16.0 Å². The van der Waals surface area contributed by atoms with Crippen molar-refractivity contribution in [3.63, 3.8) is 0 Å². The third-order valence-corrected chi connectivity index (χ3v) is 6.43. The molecule has 4 rings (SSSR count). The Morgan fingerprint density at radius 3 is 2.83 bits per heavy atom. The molecular formula is C24H25N5S. The zero-order valence-corrected chi connectivity index (χ0v) is 18.4. The topological polar surface area (TPSA) is 64.8 Å². The first kappa shape index (κ1) is 20.2. The molecule has 2 aromatic carbocycles. The Bertz CT molecular complexity index is 1120. The van der Waals surface area contributed by atoms with E-state index in [-0.39, 0.29) is 0 Å². The van der Waals surface area contributed by atoms with Gasteiger partial charge in [0.25, 0.3) is 0 Å². The maximum absolute atomic E-state index is 9.58. The van der Waals surface area contributed by atoms with Crippen molar-refractivity contribution in [2.45, 2.75) is 38.3 Å². The molecule has 3 aromatic rings. The molecule has 2 heterocycles. The summed E-state index contributed by atoms with van der Waals surface area (Å²) < 4.78 is 0. The number of nitriles is 1. The van der Waals surface area contributed by atoms with Crippen LogP contribution in [0.5, 0.6) is 0 Å². The standard InChI is InChI=1S/C24H25N5S/c1-16-4-7-22(19(10-16)12-25)29-9-8-21-20(14-29)24(28-15-27-21)26-13-18-6-5-17(2)23(11-18)30-3/h4-7,10-11,15H,8-9,13-14H2,1-3H3,(H,26,27,28). The molecule has 0 unspecified atom stereocenters. The smallest absolute Gasteiger partial charge is 0.134 e. The van der Waals surface area contributed by atoms with Gasteiger partial charge in [0.05, 0.1) is 16.9 Å². The van der Waals surface area contributed by atoms with E-state index in [4.69, 9.17) is 0 Å². The number of rotatable bonds is 5. The average Bonchev–Trinajstić information content (AvgIpc) is 2.78. The second kappa shape index (κ2) is 8.76. The molecule has 30 heavy (non-hydrogen) atoms. The fourth-order valence-electron chi connectivity index (χ4n) is 3.87. The number of aryl methyl sites for hydroxylation is 2. The number of hydrogen-bond acceptors (Lipinski definition) is 6. The van der Waals surface area contributed by atoms with Crippen LogP contribution in [0.15, 0.2) is 47.6 Å². The SMILES string of the molecule is CSc1cc(CNc2ncnc3c2CN(c2ccc(C)cc2C#N)CC3)ccc1C. The third kappa shape index (κ3) is 4.12. The molecular weight excluding hydrogens is 390 g/mol. The number of aromatic nitrogens is 2. The van der Waals surface area contributed by atoms with Gasteiger partial charge in [0.15, 0.2) is 0 Å². The Morgan fingerprint density at radius 1 is 1.17 bits per heavy atom. The van der Waals surface area contributed by atoms with Crippen LogP contribution >= 0.6 is 11.8 Å². The molecule has 1 aliphatic heterocycles. The van der Waals surface area contributed by atoms with Crippen LogP contribution in [0.3, 0.4) is 0 Å². The number of fused-ring (bicyclic) bond motifs is 1. The van der Waals surface area contributed by atoms with E-state index >= 15 is 0 Å². The first-order chi connectivity index (χ1) is 14.6. The maximum atomic E-state index is 9.58. The molecule has 0 bridgehead atoms. The van der Waals surface area contributed by atoms with Gasteiger partial charge in [0, 0.05) is 36.5 Å². The highest BCUT2D eigenvalue weighted by Gasteiger charge is 2.23. The quantitative estimate of drug-likeness (QED) is 0.600. The van der Waals surface area contributed by atoms with E-state index in [1.54, 1.807) is 18.1 Å². The lowest BCUT2D eigenvalue weighted by atomic mass is 10.0. The number of anilines is 2. The van der Waals surface area contributed by atoms with Crippen LogP contribution < -0.4 is 10.2 Å². The molecule has 0 atom stereocenters. The van der Waals surface area contributed by atoms with Crippen molar-refractivity contribution in [3.05, 3.63) is 76.2 Å². The van der Waals surface area contributed by atoms with Crippen LogP contribution in [-0.2, 0) is 19.5 Å². The molecule has 0 saturated carbocycles. The van der Waals surface area contributed by atoms with Crippen molar-refractivity contribution < 1.29 is 0 Å². The van der Waals surface area contributed by atoms with Crippen molar-refractivity contribution in [1.82, 2.24) is 9.97 Å². The van der Waals surface area contributed by atoms with E-state index in [2.05, 4.69) is 63.7 Å². The largest absolute Gasteiger partial charge is 0.366 e. The minimum atomic E-state index is 0.695. The van der Waals surface area contributed by atoms with E-state index in [0.717, 1.165) is 41.3 Å². The Labute approximate surface area is 182 Å². The lowest BCUT2D eigenvalue weighted by Crippen LogP contribution is -2.32. The highest BCUT2D eigenvalue weighted by atomic mass is 32.2. The van der Waals surface area contributed by atoms with Crippen LogP contribution in [0.2, 0.25) is 0 Å². The van der Waals surface area contributed by atoms with Gasteiger partial charge in [0.2, 0.25) is 0 Å². The summed E-state index contributed by atoms with van der Waals surface area (Å²) in [5, 5.41) is 13.1. The highest BCUT2D eigenvalue weighted by molar-refractivity contribution is 7.98. The fourth-order valence-corrected chi connectivity index (χ4v) is 4.53. The lowest BCUT2D eigenvalue weighted by molar-refractivity contribution is 0.705. The first-order valence-electron chi connectivity index (χ1n) is 10.0. The van der Waals surface area contributed by atoms with Gasteiger partial charge in [-0.3, -0.25) is 0 Å². The maximum Gasteiger partial charge on any atom is 0.134 e. The van der Waals surface area contributed by atoms with E-state index in [9.17, 15) is 5.26 Å².